The van der Waals surface area contributed by atoms with E-state index < -0.39 is 6.61 Å². The maximum Gasteiger partial charge on any atom is 0.387 e. The minimum Gasteiger partial charge on any atom is -0.484 e. The minimum absolute atomic E-state index is 0.0895. The largest absolute Gasteiger partial charge is 0.484 e. The molecule has 0 aliphatic carbocycles. The van der Waals surface area contributed by atoms with E-state index >= 15 is 0 Å². The van der Waals surface area contributed by atoms with E-state index in [1.807, 2.05) is 12.1 Å². The van der Waals surface area contributed by atoms with Crippen molar-refractivity contribution in [2.45, 2.75) is 31.5 Å². The summed E-state index contributed by atoms with van der Waals surface area (Å²) in [5.74, 6) is 0.870. The molecule has 1 aromatic rings. The quantitative estimate of drug-likeness (QED) is 0.907. The van der Waals surface area contributed by atoms with E-state index in [-0.39, 0.29) is 11.9 Å². The first-order chi connectivity index (χ1) is 10.2. The van der Waals surface area contributed by atoms with Crippen molar-refractivity contribution in [3.05, 3.63) is 23.8 Å². The van der Waals surface area contributed by atoms with Crippen molar-refractivity contribution >= 4 is 0 Å². The molecule has 0 radical (unpaired) electrons. The van der Waals surface area contributed by atoms with Crippen molar-refractivity contribution < 1.29 is 23.0 Å². The molecule has 2 heterocycles. The van der Waals surface area contributed by atoms with Crippen molar-refractivity contribution in [2.24, 2.45) is 0 Å². The van der Waals surface area contributed by atoms with E-state index in [0.29, 0.717) is 24.9 Å². The van der Waals surface area contributed by atoms with Crippen LogP contribution in [0.4, 0.5) is 8.78 Å². The Balaban J connectivity index is 1.81. The molecule has 0 amide bonds. The molecule has 1 aromatic carbocycles. The lowest BCUT2D eigenvalue weighted by molar-refractivity contribution is -0.0521. The van der Waals surface area contributed by atoms with Gasteiger partial charge in [0.15, 0.2) is 11.5 Å². The molecule has 0 saturated carbocycles. The zero-order valence-corrected chi connectivity index (χ0v) is 11.7. The highest BCUT2D eigenvalue weighted by atomic mass is 19.3. The molecular formula is C15H19F2NO3. The molecule has 0 spiro atoms. The lowest BCUT2D eigenvalue weighted by Gasteiger charge is -2.18. The zero-order valence-electron chi connectivity index (χ0n) is 11.7. The number of hydrogen-bond donors (Lipinski definition) is 1. The number of nitrogens with one attached hydrogen (secondary N) is 1. The van der Waals surface area contributed by atoms with Gasteiger partial charge in [0.25, 0.3) is 0 Å². The molecule has 2 saturated heterocycles. The molecule has 4 nitrogen and oxygen atoms in total. The second-order valence-corrected chi connectivity index (χ2v) is 5.38. The lowest BCUT2D eigenvalue weighted by atomic mass is 9.98. The number of halogens is 2. The molecule has 2 atom stereocenters. The number of hydrogen-bond acceptors (Lipinski definition) is 4. The van der Waals surface area contributed by atoms with E-state index in [9.17, 15) is 8.78 Å². The first kappa shape index (κ1) is 14.5. The summed E-state index contributed by atoms with van der Waals surface area (Å²) < 4.78 is 40.6. The third-order valence-electron chi connectivity index (χ3n) is 3.90. The molecule has 0 unspecified atom stereocenters. The van der Waals surface area contributed by atoms with Gasteiger partial charge in [0, 0.05) is 13.0 Å². The van der Waals surface area contributed by atoms with Crippen LogP contribution in [-0.4, -0.2) is 39.0 Å². The summed E-state index contributed by atoms with van der Waals surface area (Å²) in [6.07, 6.45) is 1.71. The van der Waals surface area contributed by atoms with E-state index in [1.54, 1.807) is 6.07 Å². The van der Waals surface area contributed by atoms with Gasteiger partial charge < -0.3 is 19.5 Å². The van der Waals surface area contributed by atoms with Crippen molar-refractivity contribution in [1.29, 1.82) is 0 Å². The fourth-order valence-corrected chi connectivity index (χ4v) is 2.79. The normalized spacial score (nSPS) is 25.5. The van der Waals surface area contributed by atoms with Crippen LogP contribution in [0.2, 0.25) is 0 Å². The SMILES string of the molecule is FC(F)Oc1ccc([C@H]2CCNC2)cc1O[C@@H]1CCOC1. The number of benzene rings is 1. The Bertz CT molecular complexity index is 472. The van der Waals surface area contributed by atoms with Gasteiger partial charge in [-0.25, -0.2) is 0 Å². The Kier molecular flexibility index (Phi) is 4.55. The summed E-state index contributed by atoms with van der Waals surface area (Å²) in [6.45, 7) is 0.157. The van der Waals surface area contributed by atoms with E-state index in [4.69, 9.17) is 9.47 Å². The summed E-state index contributed by atoms with van der Waals surface area (Å²) in [5.41, 5.74) is 1.09. The Morgan fingerprint density at radius 3 is 2.81 bits per heavy atom. The second kappa shape index (κ2) is 6.58. The van der Waals surface area contributed by atoms with Gasteiger partial charge in [-0.15, -0.1) is 0 Å². The highest BCUT2D eigenvalue weighted by Gasteiger charge is 2.23. The Labute approximate surface area is 122 Å². The summed E-state index contributed by atoms with van der Waals surface area (Å²) in [5, 5.41) is 3.30. The number of rotatable bonds is 5. The van der Waals surface area contributed by atoms with Crippen LogP contribution >= 0.6 is 0 Å². The van der Waals surface area contributed by atoms with Gasteiger partial charge >= 0.3 is 6.61 Å². The third-order valence-corrected chi connectivity index (χ3v) is 3.90. The van der Waals surface area contributed by atoms with Crippen LogP contribution in [0.3, 0.4) is 0 Å². The Morgan fingerprint density at radius 2 is 2.14 bits per heavy atom. The summed E-state index contributed by atoms with van der Waals surface area (Å²) in [7, 11) is 0. The van der Waals surface area contributed by atoms with Crippen molar-refractivity contribution in [1.82, 2.24) is 5.32 Å². The summed E-state index contributed by atoms with van der Waals surface area (Å²) in [6, 6.07) is 5.24. The molecule has 0 aromatic heterocycles. The van der Waals surface area contributed by atoms with Crippen LogP contribution in [-0.2, 0) is 4.74 Å². The van der Waals surface area contributed by atoms with Gasteiger partial charge in [0.05, 0.1) is 13.2 Å². The molecule has 6 heteroatoms. The number of ether oxygens (including phenoxy) is 3. The van der Waals surface area contributed by atoms with Crippen LogP contribution in [0.15, 0.2) is 18.2 Å². The van der Waals surface area contributed by atoms with Crippen molar-refractivity contribution in [3.8, 4) is 11.5 Å². The highest BCUT2D eigenvalue weighted by Crippen LogP contribution is 2.35. The average Bonchev–Trinajstić information content (AvgIpc) is 3.12. The molecule has 0 bridgehead atoms. The smallest absolute Gasteiger partial charge is 0.387 e. The minimum atomic E-state index is -2.86. The molecule has 116 valence electrons. The van der Waals surface area contributed by atoms with E-state index in [1.165, 1.54) is 0 Å². The predicted molar refractivity (Wildman–Crippen MR) is 73.2 cm³/mol. The van der Waals surface area contributed by atoms with Gasteiger partial charge in [-0.05, 0) is 36.6 Å². The van der Waals surface area contributed by atoms with E-state index in [0.717, 1.165) is 31.5 Å². The molecule has 2 aliphatic rings. The molecule has 2 aliphatic heterocycles. The summed E-state index contributed by atoms with van der Waals surface area (Å²) in [4.78, 5) is 0. The van der Waals surface area contributed by atoms with Crippen LogP contribution in [0.25, 0.3) is 0 Å². The Hall–Kier alpha value is -1.40. The average molecular weight is 299 g/mol. The van der Waals surface area contributed by atoms with Crippen LogP contribution in [0, 0.1) is 0 Å². The van der Waals surface area contributed by atoms with Gasteiger partial charge in [-0.2, -0.15) is 8.78 Å². The van der Waals surface area contributed by atoms with Crippen LogP contribution in [0.5, 0.6) is 11.5 Å². The number of alkyl halides is 2. The fourth-order valence-electron chi connectivity index (χ4n) is 2.79. The monoisotopic (exact) mass is 299 g/mol. The van der Waals surface area contributed by atoms with Gasteiger partial charge in [0.1, 0.15) is 6.10 Å². The van der Waals surface area contributed by atoms with Gasteiger partial charge in [-0.1, -0.05) is 6.07 Å². The summed E-state index contributed by atoms with van der Waals surface area (Å²) >= 11 is 0. The first-order valence-electron chi connectivity index (χ1n) is 7.26. The molecular weight excluding hydrogens is 280 g/mol. The maximum atomic E-state index is 12.5. The molecule has 2 fully saturated rings. The highest BCUT2D eigenvalue weighted by molar-refractivity contribution is 5.44. The third kappa shape index (κ3) is 3.63. The predicted octanol–water partition coefficient (Wildman–Crippen LogP) is 2.53. The van der Waals surface area contributed by atoms with Crippen LogP contribution in [0.1, 0.15) is 24.3 Å². The lowest BCUT2D eigenvalue weighted by Crippen LogP contribution is -2.17. The zero-order chi connectivity index (χ0) is 14.7. The van der Waals surface area contributed by atoms with Crippen LogP contribution < -0.4 is 14.8 Å². The van der Waals surface area contributed by atoms with Crippen molar-refractivity contribution in [3.63, 3.8) is 0 Å². The van der Waals surface area contributed by atoms with Crippen molar-refractivity contribution in [2.75, 3.05) is 26.3 Å². The first-order valence-corrected chi connectivity index (χ1v) is 7.26. The topological polar surface area (TPSA) is 39.7 Å². The maximum absolute atomic E-state index is 12.5. The Morgan fingerprint density at radius 1 is 1.24 bits per heavy atom. The van der Waals surface area contributed by atoms with Gasteiger partial charge in [-0.3, -0.25) is 0 Å². The second-order valence-electron chi connectivity index (χ2n) is 5.38. The molecule has 1 N–H and O–H groups in total. The van der Waals surface area contributed by atoms with E-state index in [2.05, 4.69) is 10.1 Å². The van der Waals surface area contributed by atoms with Gasteiger partial charge in [0.2, 0.25) is 0 Å². The molecule has 21 heavy (non-hydrogen) atoms. The fraction of sp³-hybridized carbons (Fsp3) is 0.600. The molecule has 3 rings (SSSR count). The standard InChI is InChI=1S/C15H19F2NO3/c16-15(17)21-13-2-1-10(11-3-5-18-8-11)7-14(13)20-12-4-6-19-9-12/h1-2,7,11-12,15,18H,3-6,8-9H2/t11-,12+/m0/s1.